The lowest BCUT2D eigenvalue weighted by molar-refractivity contribution is 0.654. The van der Waals surface area contributed by atoms with Crippen molar-refractivity contribution in [3.05, 3.63) is 179 Å². The fraction of sp³-hybridized carbons (Fsp3) is 0.148. The Bertz CT molecular complexity index is 3150. The lowest BCUT2D eigenvalue weighted by Crippen LogP contribution is -2.16. The monoisotopic (exact) mass is 706 g/mol. The molecule has 264 valence electrons. The quantitative estimate of drug-likeness (QED) is 0.167. The van der Waals surface area contributed by atoms with E-state index in [1.807, 2.05) is 0 Å². The zero-order valence-electron chi connectivity index (χ0n) is 32.3. The Morgan fingerprint density at radius 3 is 1.85 bits per heavy atom. The predicted molar refractivity (Wildman–Crippen MR) is 235 cm³/mol. The molecule has 8 aromatic carbocycles. The largest absolute Gasteiger partial charge is 0.456 e. The topological polar surface area (TPSA) is 13.1 Å². The molecule has 0 unspecified atom stereocenters. The van der Waals surface area contributed by atoms with Crippen LogP contribution < -0.4 is 0 Å². The van der Waals surface area contributed by atoms with Crippen LogP contribution in [0.1, 0.15) is 69.4 Å². The molecule has 1 aromatic heterocycles. The van der Waals surface area contributed by atoms with Crippen LogP contribution >= 0.6 is 0 Å². The van der Waals surface area contributed by atoms with Gasteiger partial charge in [0.2, 0.25) is 0 Å². The summed E-state index contributed by atoms with van der Waals surface area (Å²) in [5, 5.41) is 10.0. The molecule has 0 amide bonds. The highest BCUT2D eigenvalue weighted by Gasteiger charge is 2.37. The van der Waals surface area contributed by atoms with Crippen molar-refractivity contribution >= 4 is 65.4 Å². The van der Waals surface area contributed by atoms with Crippen LogP contribution in [-0.4, -0.2) is 0 Å². The molecule has 0 saturated heterocycles. The SMILES string of the molecule is CC1=C(/C=C(\C)c2c3ccccc3c(-c3ccc4c(c3)-c3cc5c(ccc6oc7ccccc7c65)cc3C4(C)C)c3ccccc23)C(C)(C)c2ccccc21. The van der Waals surface area contributed by atoms with Gasteiger partial charge in [-0.05, 0) is 143 Å². The number of fused-ring (bicyclic) bond motifs is 11. The van der Waals surface area contributed by atoms with E-state index in [4.69, 9.17) is 4.42 Å². The minimum atomic E-state index is -0.124. The fourth-order valence-electron chi connectivity index (χ4n) is 10.5. The van der Waals surface area contributed by atoms with Gasteiger partial charge in [0.15, 0.2) is 0 Å². The second-order valence-corrected chi connectivity index (χ2v) is 16.9. The van der Waals surface area contributed by atoms with Crippen molar-refractivity contribution in [1.82, 2.24) is 0 Å². The molecule has 1 nitrogen and oxygen atoms in total. The maximum atomic E-state index is 6.34. The lowest BCUT2D eigenvalue weighted by atomic mass is 9.79. The van der Waals surface area contributed by atoms with Gasteiger partial charge in [-0.15, -0.1) is 0 Å². The number of hydrogen-bond donors (Lipinski definition) is 0. The average Bonchev–Trinajstić information content (AvgIpc) is 3.75. The van der Waals surface area contributed by atoms with Crippen molar-refractivity contribution in [2.24, 2.45) is 0 Å². The van der Waals surface area contributed by atoms with E-state index in [0.29, 0.717) is 0 Å². The Balaban J connectivity index is 1.14. The van der Waals surface area contributed by atoms with E-state index in [0.717, 1.165) is 11.2 Å². The van der Waals surface area contributed by atoms with E-state index < -0.39 is 0 Å². The molecular weight excluding hydrogens is 665 g/mol. The van der Waals surface area contributed by atoms with Crippen molar-refractivity contribution in [1.29, 1.82) is 0 Å². The normalized spacial score (nSPS) is 15.8. The highest BCUT2D eigenvalue weighted by atomic mass is 16.3. The zero-order chi connectivity index (χ0) is 37.4. The number of allylic oxidation sites excluding steroid dienone is 4. The summed E-state index contributed by atoms with van der Waals surface area (Å²) in [6.45, 7) is 14.1. The van der Waals surface area contributed by atoms with Gasteiger partial charge in [0, 0.05) is 21.6 Å². The molecular formula is C54H42O. The van der Waals surface area contributed by atoms with Crippen molar-refractivity contribution < 1.29 is 4.42 Å². The summed E-state index contributed by atoms with van der Waals surface area (Å²) in [4.78, 5) is 0. The van der Waals surface area contributed by atoms with Crippen LogP contribution in [0.3, 0.4) is 0 Å². The van der Waals surface area contributed by atoms with Crippen LogP contribution in [-0.2, 0) is 10.8 Å². The Labute approximate surface area is 322 Å². The van der Waals surface area contributed by atoms with Gasteiger partial charge >= 0.3 is 0 Å². The van der Waals surface area contributed by atoms with Crippen molar-refractivity contribution in [3.8, 4) is 22.3 Å². The molecule has 11 rings (SSSR count). The van der Waals surface area contributed by atoms with Crippen molar-refractivity contribution in [2.75, 3.05) is 0 Å². The Morgan fingerprint density at radius 2 is 1.13 bits per heavy atom. The Kier molecular flexibility index (Phi) is 6.56. The van der Waals surface area contributed by atoms with Gasteiger partial charge < -0.3 is 4.42 Å². The van der Waals surface area contributed by atoms with Gasteiger partial charge in [0.05, 0.1) is 0 Å². The summed E-state index contributed by atoms with van der Waals surface area (Å²) >= 11 is 0. The smallest absolute Gasteiger partial charge is 0.136 e. The summed E-state index contributed by atoms with van der Waals surface area (Å²) < 4.78 is 6.34. The summed E-state index contributed by atoms with van der Waals surface area (Å²) in [7, 11) is 0. The Morgan fingerprint density at radius 1 is 0.509 bits per heavy atom. The standard InChI is InChI=1S/C54H42O/c1-31(27-46-32(2)35-15-11-13-21-44(35)53(46,3)4)50-36-16-7-9-18-38(36)51(39-19-10-8-17-37(39)50)34-23-25-45-42(28-34)43-30-41-33(29-47(43)54(45,5)6)24-26-49-52(41)40-20-12-14-22-48(40)55-49/h7-30H,1-6H3/b31-27+. The van der Waals surface area contributed by atoms with E-state index in [9.17, 15) is 0 Å². The summed E-state index contributed by atoms with van der Waals surface area (Å²) in [6, 6.07) is 51.9. The molecule has 0 saturated carbocycles. The van der Waals surface area contributed by atoms with Gasteiger partial charge in [0.1, 0.15) is 11.2 Å². The maximum absolute atomic E-state index is 6.34. The first-order valence-corrected chi connectivity index (χ1v) is 19.6. The number of hydrogen-bond acceptors (Lipinski definition) is 1. The van der Waals surface area contributed by atoms with Crippen LogP contribution in [0.25, 0.3) is 87.7 Å². The Hall–Kier alpha value is -6.18. The van der Waals surface area contributed by atoms with Crippen LogP contribution in [0.5, 0.6) is 0 Å². The van der Waals surface area contributed by atoms with Crippen LogP contribution in [0, 0.1) is 0 Å². The molecule has 0 N–H and O–H groups in total. The predicted octanol–water partition coefficient (Wildman–Crippen LogP) is 15.2. The van der Waals surface area contributed by atoms with E-state index in [-0.39, 0.29) is 10.8 Å². The molecule has 55 heavy (non-hydrogen) atoms. The third-order valence-corrected chi connectivity index (χ3v) is 13.2. The second kappa shape index (κ2) is 11.2. The van der Waals surface area contributed by atoms with Gasteiger partial charge in [-0.2, -0.15) is 0 Å². The first kappa shape index (κ1) is 32.3. The van der Waals surface area contributed by atoms with Crippen molar-refractivity contribution in [3.63, 3.8) is 0 Å². The third kappa shape index (κ3) is 4.36. The van der Waals surface area contributed by atoms with Crippen LogP contribution in [0.4, 0.5) is 0 Å². The average molecular weight is 707 g/mol. The van der Waals surface area contributed by atoms with E-state index in [2.05, 4.69) is 187 Å². The van der Waals surface area contributed by atoms with Gasteiger partial charge in [-0.1, -0.05) is 143 Å². The fourth-order valence-corrected chi connectivity index (χ4v) is 10.5. The van der Waals surface area contributed by atoms with Gasteiger partial charge in [-0.3, -0.25) is 0 Å². The molecule has 0 fully saturated rings. The lowest BCUT2D eigenvalue weighted by Gasteiger charge is -2.24. The minimum absolute atomic E-state index is 0.0657. The van der Waals surface area contributed by atoms with Crippen LogP contribution in [0.15, 0.2) is 156 Å². The van der Waals surface area contributed by atoms with E-state index in [1.165, 1.54) is 110 Å². The summed E-state index contributed by atoms with van der Waals surface area (Å²) in [5.74, 6) is 0. The molecule has 2 aliphatic carbocycles. The van der Waals surface area contributed by atoms with Crippen molar-refractivity contribution in [2.45, 2.75) is 52.4 Å². The molecule has 0 bridgehead atoms. The second-order valence-electron chi connectivity index (χ2n) is 16.9. The number of para-hydroxylation sites is 1. The summed E-state index contributed by atoms with van der Waals surface area (Å²) in [6.07, 6.45) is 2.47. The van der Waals surface area contributed by atoms with Crippen LogP contribution in [0.2, 0.25) is 0 Å². The number of furan rings is 1. The molecule has 0 spiro atoms. The van der Waals surface area contributed by atoms with E-state index in [1.54, 1.807) is 0 Å². The summed E-state index contributed by atoms with van der Waals surface area (Å²) in [5.41, 5.74) is 17.8. The molecule has 0 atom stereocenters. The van der Waals surface area contributed by atoms with E-state index >= 15 is 0 Å². The molecule has 1 heteroatoms. The molecule has 9 aromatic rings. The number of benzene rings is 8. The molecule has 2 aliphatic rings. The minimum Gasteiger partial charge on any atom is -0.456 e. The highest BCUT2D eigenvalue weighted by molar-refractivity contribution is 6.21. The molecule has 0 radical (unpaired) electrons. The number of rotatable bonds is 3. The highest BCUT2D eigenvalue weighted by Crippen LogP contribution is 2.53. The first-order chi connectivity index (χ1) is 26.6. The first-order valence-electron chi connectivity index (χ1n) is 19.6. The maximum Gasteiger partial charge on any atom is 0.136 e. The van der Waals surface area contributed by atoms with Gasteiger partial charge in [0.25, 0.3) is 0 Å². The zero-order valence-corrected chi connectivity index (χ0v) is 32.3. The third-order valence-electron chi connectivity index (χ3n) is 13.2. The van der Waals surface area contributed by atoms with Gasteiger partial charge in [-0.25, -0.2) is 0 Å². The molecule has 0 aliphatic heterocycles. The molecule has 1 heterocycles.